The third-order valence-electron chi connectivity index (χ3n) is 4.28. The first kappa shape index (κ1) is 19.5. The highest BCUT2D eigenvalue weighted by Gasteiger charge is 2.17. The molecule has 0 radical (unpaired) electrons. The van der Waals surface area contributed by atoms with Crippen molar-refractivity contribution in [1.29, 1.82) is 0 Å². The monoisotopic (exact) mass is 445 g/mol. The maximum atomic E-state index is 12.5. The first-order chi connectivity index (χ1) is 12.8. The van der Waals surface area contributed by atoms with Crippen LogP contribution in [-0.2, 0) is 4.79 Å². The summed E-state index contributed by atoms with van der Waals surface area (Å²) >= 11 is 4.79. The van der Waals surface area contributed by atoms with Crippen LogP contribution in [0.4, 0.5) is 5.13 Å². The third-order valence-corrected chi connectivity index (χ3v) is 5.86. The molecule has 140 valence electrons. The Morgan fingerprint density at radius 2 is 1.85 bits per heavy atom. The maximum absolute atomic E-state index is 12.5. The van der Waals surface area contributed by atoms with Crippen LogP contribution in [-0.4, -0.2) is 29.8 Å². The molecule has 27 heavy (non-hydrogen) atoms. The van der Waals surface area contributed by atoms with Crippen LogP contribution >= 0.6 is 27.3 Å². The predicted molar refractivity (Wildman–Crippen MR) is 113 cm³/mol. The molecule has 0 atom stereocenters. The van der Waals surface area contributed by atoms with E-state index in [4.69, 9.17) is 4.74 Å². The molecule has 0 N–H and O–H groups in total. The van der Waals surface area contributed by atoms with E-state index in [1.165, 1.54) is 16.2 Å². The molecule has 1 heterocycles. The van der Waals surface area contributed by atoms with Gasteiger partial charge in [0.1, 0.15) is 10.8 Å². The number of carbonyl (C=O) groups excluding carboxylic acids is 1. The van der Waals surface area contributed by atoms with Crippen LogP contribution in [0.25, 0.3) is 10.6 Å². The van der Waals surface area contributed by atoms with Gasteiger partial charge >= 0.3 is 0 Å². The number of aryl methyl sites for hydroxylation is 2. The predicted octanol–water partition coefficient (Wildman–Crippen LogP) is 4.93. The molecule has 0 fully saturated rings. The highest BCUT2D eigenvalue weighted by molar-refractivity contribution is 9.10. The van der Waals surface area contributed by atoms with E-state index in [0.29, 0.717) is 5.13 Å². The second kappa shape index (κ2) is 8.19. The molecule has 0 aliphatic carbocycles. The SMILES string of the molecule is Cc1cc(C)c(C)c(OCC(=O)N(C)c2nnc(-c3ccc(Br)cc3)s2)c1. The quantitative estimate of drug-likeness (QED) is 0.558. The fraction of sp³-hybridized carbons (Fsp3) is 0.250. The molecule has 0 aliphatic rings. The summed E-state index contributed by atoms with van der Waals surface area (Å²) in [7, 11) is 1.69. The van der Waals surface area contributed by atoms with Gasteiger partial charge in [0, 0.05) is 17.1 Å². The number of benzene rings is 2. The van der Waals surface area contributed by atoms with Crippen LogP contribution in [0.1, 0.15) is 16.7 Å². The van der Waals surface area contributed by atoms with Gasteiger partial charge in [0.15, 0.2) is 6.61 Å². The van der Waals surface area contributed by atoms with E-state index in [0.717, 1.165) is 37.5 Å². The number of carbonyl (C=O) groups is 1. The number of likely N-dealkylation sites (N-methyl/N-ethyl adjacent to an activating group) is 1. The van der Waals surface area contributed by atoms with Crippen molar-refractivity contribution < 1.29 is 9.53 Å². The van der Waals surface area contributed by atoms with E-state index in [-0.39, 0.29) is 12.5 Å². The Hall–Kier alpha value is -2.25. The van der Waals surface area contributed by atoms with Gasteiger partial charge in [-0.05, 0) is 55.7 Å². The third kappa shape index (κ3) is 4.54. The van der Waals surface area contributed by atoms with Crippen molar-refractivity contribution >= 4 is 38.3 Å². The van der Waals surface area contributed by atoms with Crippen molar-refractivity contribution in [3.8, 4) is 16.3 Å². The zero-order valence-corrected chi connectivity index (χ0v) is 18.0. The van der Waals surface area contributed by atoms with E-state index < -0.39 is 0 Å². The number of nitrogens with zero attached hydrogens (tertiary/aromatic N) is 3. The van der Waals surface area contributed by atoms with E-state index in [1.54, 1.807) is 7.05 Å². The van der Waals surface area contributed by atoms with Gasteiger partial charge in [0.05, 0.1) is 0 Å². The second-order valence-electron chi connectivity index (χ2n) is 6.34. The van der Waals surface area contributed by atoms with Crippen molar-refractivity contribution in [1.82, 2.24) is 10.2 Å². The lowest BCUT2D eigenvalue weighted by atomic mass is 10.1. The Labute approximate surface area is 171 Å². The normalized spacial score (nSPS) is 10.7. The molecule has 0 spiro atoms. The zero-order chi connectivity index (χ0) is 19.6. The number of halogens is 1. The van der Waals surface area contributed by atoms with Crippen LogP contribution in [0.5, 0.6) is 5.75 Å². The van der Waals surface area contributed by atoms with Gasteiger partial charge in [-0.2, -0.15) is 0 Å². The minimum atomic E-state index is -0.174. The summed E-state index contributed by atoms with van der Waals surface area (Å²) in [5.41, 5.74) is 4.26. The Kier molecular flexibility index (Phi) is 5.92. The lowest BCUT2D eigenvalue weighted by molar-refractivity contribution is -0.120. The molecule has 1 amide bonds. The lowest BCUT2D eigenvalue weighted by Crippen LogP contribution is -2.31. The summed E-state index contributed by atoms with van der Waals surface area (Å²) in [5.74, 6) is 0.564. The first-order valence-corrected chi connectivity index (χ1v) is 10.0. The van der Waals surface area contributed by atoms with Crippen molar-refractivity contribution in [3.63, 3.8) is 0 Å². The van der Waals surface area contributed by atoms with E-state index in [2.05, 4.69) is 32.2 Å². The summed E-state index contributed by atoms with van der Waals surface area (Å²) in [4.78, 5) is 14.0. The number of hydrogen-bond acceptors (Lipinski definition) is 5. The minimum Gasteiger partial charge on any atom is -0.483 e. The Morgan fingerprint density at radius 3 is 2.56 bits per heavy atom. The molecule has 2 aromatic carbocycles. The van der Waals surface area contributed by atoms with Crippen LogP contribution in [0.3, 0.4) is 0 Å². The zero-order valence-electron chi connectivity index (χ0n) is 15.6. The number of hydrogen-bond donors (Lipinski definition) is 0. The molecule has 3 rings (SSSR count). The van der Waals surface area contributed by atoms with Crippen LogP contribution in [0.2, 0.25) is 0 Å². The van der Waals surface area contributed by atoms with Crippen molar-refractivity contribution in [2.75, 3.05) is 18.6 Å². The van der Waals surface area contributed by atoms with Gasteiger partial charge in [-0.3, -0.25) is 9.69 Å². The average Bonchev–Trinajstić information content (AvgIpc) is 3.13. The van der Waals surface area contributed by atoms with Crippen molar-refractivity contribution in [3.05, 3.63) is 57.6 Å². The average molecular weight is 446 g/mol. The molecular formula is C20H20BrN3O2S. The van der Waals surface area contributed by atoms with E-state index >= 15 is 0 Å². The molecule has 7 heteroatoms. The van der Waals surface area contributed by atoms with Gasteiger partial charge in [0.25, 0.3) is 5.91 Å². The van der Waals surface area contributed by atoms with Gasteiger partial charge in [-0.25, -0.2) is 0 Å². The molecule has 0 bridgehead atoms. The largest absolute Gasteiger partial charge is 0.483 e. The van der Waals surface area contributed by atoms with Crippen molar-refractivity contribution in [2.24, 2.45) is 0 Å². The molecule has 1 aromatic heterocycles. The highest BCUT2D eigenvalue weighted by Crippen LogP contribution is 2.29. The number of aromatic nitrogens is 2. The lowest BCUT2D eigenvalue weighted by Gasteiger charge is -2.16. The van der Waals surface area contributed by atoms with Gasteiger partial charge in [-0.1, -0.05) is 45.5 Å². The molecule has 0 unspecified atom stereocenters. The molecule has 5 nitrogen and oxygen atoms in total. The fourth-order valence-corrected chi connectivity index (χ4v) is 3.65. The molecular weight excluding hydrogens is 426 g/mol. The summed E-state index contributed by atoms with van der Waals surface area (Å²) in [6.45, 7) is 5.99. The number of amides is 1. The minimum absolute atomic E-state index is 0.0482. The van der Waals surface area contributed by atoms with E-state index in [9.17, 15) is 4.79 Å². The standard InChI is InChI=1S/C20H20BrN3O2S/c1-12-9-13(2)14(3)17(10-12)26-11-18(25)24(4)20-23-22-19(27-20)15-5-7-16(21)8-6-15/h5-10H,11H2,1-4H3. The molecule has 0 saturated carbocycles. The maximum Gasteiger partial charge on any atom is 0.266 e. The summed E-state index contributed by atoms with van der Waals surface area (Å²) in [5, 5.41) is 9.64. The Bertz CT molecular complexity index is 970. The van der Waals surface area contributed by atoms with Crippen LogP contribution in [0.15, 0.2) is 40.9 Å². The van der Waals surface area contributed by atoms with Gasteiger partial charge < -0.3 is 4.74 Å². The smallest absolute Gasteiger partial charge is 0.266 e. The molecule has 0 saturated heterocycles. The molecule has 3 aromatic rings. The second-order valence-corrected chi connectivity index (χ2v) is 8.21. The summed E-state index contributed by atoms with van der Waals surface area (Å²) < 4.78 is 6.77. The summed E-state index contributed by atoms with van der Waals surface area (Å²) in [6.07, 6.45) is 0. The van der Waals surface area contributed by atoms with Crippen molar-refractivity contribution in [2.45, 2.75) is 20.8 Å². The number of anilines is 1. The Balaban J connectivity index is 1.68. The topological polar surface area (TPSA) is 55.3 Å². The van der Waals surface area contributed by atoms with Gasteiger partial charge in [-0.15, -0.1) is 10.2 Å². The van der Waals surface area contributed by atoms with E-state index in [1.807, 2.05) is 51.1 Å². The highest BCUT2D eigenvalue weighted by atomic mass is 79.9. The fourth-order valence-electron chi connectivity index (χ4n) is 2.55. The van der Waals surface area contributed by atoms with Crippen LogP contribution in [0, 0.1) is 20.8 Å². The van der Waals surface area contributed by atoms with Crippen LogP contribution < -0.4 is 9.64 Å². The Morgan fingerprint density at radius 1 is 1.15 bits per heavy atom. The number of rotatable bonds is 5. The first-order valence-electron chi connectivity index (χ1n) is 8.42. The van der Waals surface area contributed by atoms with Gasteiger partial charge in [0.2, 0.25) is 5.13 Å². The summed E-state index contributed by atoms with van der Waals surface area (Å²) in [6, 6.07) is 11.9. The molecule has 0 aliphatic heterocycles. The number of ether oxygens (including phenoxy) is 1.